The molecule has 1 aromatic heterocycles. The number of hydrazine groups is 1. The molecule has 0 aliphatic rings. The number of methoxy groups -OCH3 is 1. The van der Waals surface area contributed by atoms with Gasteiger partial charge in [-0.25, -0.2) is 0 Å². The van der Waals surface area contributed by atoms with Crippen LogP contribution in [0.2, 0.25) is 0 Å². The lowest BCUT2D eigenvalue weighted by Crippen LogP contribution is -2.46. The first-order chi connectivity index (χ1) is 13.4. The number of carbonyl (C=O) groups excluding carboxylic acids is 3. The summed E-state index contributed by atoms with van der Waals surface area (Å²) in [5.41, 5.74) is 4.75. The van der Waals surface area contributed by atoms with Crippen LogP contribution in [0.25, 0.3) is 0 Å². The predicted octanol–water partition coefficient (Wildman–Crippen LogP) is 2.03. The van der Waals surface area contributed by atoms with E-state index in [1.54, 1.807) is 18.2 Å². The van der Waals surface area contributed by atoms with Crippen LogP contribution in [0, 0.1) is 0 Å². The van der Waals surface area contributed by atoms with Crippen molar-refractivity contribution in [3.63, 3.8) is 0 Å². The van der Waals surface area contributed by atoms with Crippen molar-refractivity contribution < 1.29 is 28.3 Å². The second-order valence-corrected chi connectivity index (χ2v) is 6.28. The van der Waals surface area contributed by atoms with Crippen LogP contribution in [-0.4, -0.2) is 38.0 Å². The van der Waals surface area contributed by atoms with Crippen molar-refractivity contribution in [1.29, 1.82) is 0 Å². The van der Waals surface area contributed by atoms with Crippen molar-refractivity contribution in [3.05, 3.63) is 46.3 Å². The highest BCUT2D eigenvalue weighted by Crippen LogP contribution is 2.28. The average Bonchev–Trinajstić information content (AvgIpc) is 3.14. The highest BCUT2D eigenvalue weighted by atomic mass is 79.9. The van der Waals surface area contributed by atoms with E-state index in [4.69, 9.17) is 13.9 Å². The first kappa shape index (κ1) is 21.3. The molecule has 9 nitrogen and oxygen atoms in total. The van der Waals surface area contributed by atoms with Gasteiger partial charge in [0.1, 0.15) is 0 Å². The van der Waals surface area contributed by atoms with Gasteiger partial charge < -0.3 is 19.2 Å². The molecule has 0 fully saturated rings. The van der Waals surface area contributed by atoms with Crippen LogP contribution in [0.1, 0.15) is 34.3 Å². The van der Waals surface area contributed by atoms with Crippen molar-refractivity contribution in [1.82, 2.24) is 16.2 Å². The Bertz CT molecular complexity index is 852. The Balaban J connectivity index is 1.83. The van der Waals surface area contributed by atoms with E-state index < -0.39 is 17.7 Å². The summed E-state index contributed by atoms with van der Waals surface area (Å²) in [5.74, 6) is -0.723. The highest BCUT2D eigenvalue weighted by Gasteiger charge is 2.14. The fraction of sp³-hybridized carbons (Fsp3) is 0.278. The van der Waals surface area contributed by atoms with Gasteiger partial charge in [0.15, 0.2) is 21.9 Å². The Morgan fingerprint density at radius 1 is 1.07 bits per heavy atom. The van der Waals surface area contributed by atoms with Gasteiger partial charge in [0.2, 0.25) is 0 Å². The molecule has 0 radical (unpaired) electrons. The van der Waals surface area contributed by atoms with Gasteiger partial charge in [0.05, 0.1) is 20.3 Å². The second-order valence-electron chi connectivity index (χ2n) is 5.50. The molecule has 3 amide bonds. The van der Waals surface area contributed by atoms with E-state index in [-0.39, 0.29) is 17.9 Å². The quantitative estimate of drug-likeness (QED) is 0.526. The number of rotatable bonds is 8. The molecule has 0 spiro atoms. The Hall–Kier alpha value is -3.01. The molecule has 0 atom stereocenters. The summed E-state index contributed by atoms with van der Waals surface area (Å²) in [4.78, 5) is 35.7. The SMILES string of the molecule is CCCOc1ccc(C(=O)NNC(=O)CNC(=O)c2ccc(Br)o2)cc1OC. The molecule has 0 bridgehead atoms. The van der Waals surface area contributed by atoms with E-state index in [0.29, 0.717) is 22.8 Å². The number of furan rings is 1. The highest BCUT2D eigenvalue weighted by molar-refractivity contribution is 9.10. The van der Waals surface area contributed by atoms with E-state index >= 15 is 0 Å². The number of hydrogen-bond acceptors (Lipinski definition) is 6. The lowest BCUT2D eigenvalue weighted by molar-refractivity contribution is -0.120. The van der Waals surface area contributed by atoms with Crippen molar-refractivity contribution in [3.8, 4) is 11.5 Å². The third kappa shape index (κ3) is 6.02. The molecule has 2 aromatic rings. The zero-order valence-corrected chi connectivity index (χ0v) is 16.9. The van der Waals surface area contributed by atoms with E-state index in [0.717, 1.165) is 6.42 Å². The van der Waals surface area contributed by atoms with E-state index in [1.165, 1.54) is 19.2 Å². The lowest BCUT2D eigenvalue weighted by Gasteiger charge is -2.12. The van der Waals surface area contributed by atoms with Crippen molar-refractivity contribution in [2.75, 3.05) is 20.3 Å². The Labute approximate surface area is 169 Å². The van der Waals surface area contributed by atoms with Gasteiger partial charge in [-0.2, -0.15) is 0 Å². The minimum absolute atomic E-state index is 0.0567. The lowest BCUT2D eigenvalue weighted by atomic mass is 10.2. The van der Waals surface area contributed by atoms with Gasteiger partial charge in [0.25, 0.3) is 17.7 Å². The predicted molar refractivity (Wildman–Crippen MR) is 103 cm³/mol. The summed E-state index contributed by atoms with van der Waals surface area (Å²) in [7, 11) is 1.47. The molecule has 3 N–H and O–H groups in total. The molecule has 1 heterocycles. The topological polar surface area (TPSA) is 119 Å². The molecule has 150 valence electrons. The normalized spacial score (nSPS) is 10.1. The van der Waals surface area contributed by atoms with E-state index in [2.05, 4.69) is 32.1 Å². The van der Waals surface area contributed by atoms with Crippen LogP contribution in [-0.2, 0) is 4.79 Å². The van der Waals surface area contributed by atoms with Gasteiger partial charge in [0, 0.05) is 5.56 Å². The second kappa shape index (κ2) is 10.4. The molecule has 1 aromatic carbocycles. The Kier molecular flexibility index (Phi) is 7.88. The summed E-state index contributed by atoms with van der Waals surface area (Å²) in [6.45, 7) is 2.16. The summed E-state index contributed by atoms with van der Waals surface area (Å²) in [6.07, 6.45) is 0.838. The molecule has 0 aliphatic heterocycles. The third-order valence-electron chi connectivity index (χ3n) is 3.41. The molecule has 0 aliphatic carbocycles. The molecule has 28 heavy (non-hydrogen) atoms. The maximum atomic E-state index is 12.2. The van der Waals surface area contributed by atoms with Crippen LogP contribution < -0.4 is 25.6 Å². The van der Waals surface area contributed by atoms with Crippen molar-refractivity contribution >= 4 is 33.7 Å². The van der Waals surface area contributed by atoms with Crippen LogP contribution in [0.15, 0.2) is 39.4 Å². The Morgan fingerprint density at radius 3 is 2.50 bits per heavy atom. The maximum Gasteiger partial charge on any atom is 0.287 e. The standard InChI is InChI=1S/C18H20BrN3O6/c1-3-8-27-12-5-4-11(9-14(12)26-2)17(24)22-21-16(23)10-20-18(25)13-6-7-15(19)28-13/h4-7,9H,3,8,10H2,1-2H3,(H,20,25)(H,21,23)(H,22,24). The van der Waals surface area contributed by atoms with Gasteiger partial charge in [-0.15, -0.1) is 0 Å². The fourth-order valence-corrected chi connectivity index (χ4v) is 2.37. The molecule has 0 unspecified atom stereocenters. The number of halogens is 1. The number of carbonyl (C=O) groups is 3. The summed E-state index contributed by atoms with van der Waals surface area (Å²) in [6, 6.07) is 7.68. The molecule has 0 saturated carbocycles. The summed E-state index contributed by atoms with van der Waals surface area (Å²) < 4.78 is 16.2. The van der Waals surface area contributed by atoms with Crippen LogP contribution in [0.5, 0.6) is 11.5 Å². The van der Waals surface area contributed by atoms with E-state index in [1.807, 2.05) is 6.92 Å². The third-order valence-corrected chi connectivity index (χ3v) is 3.84. The van der Waals surface area contributed by atoms with Crippen LogP contribution in [0.3, 0.4) is 0 Å². The van der Waals surface area contributed by atoms with E-state index in [9.17, 15) is 14.4 Å². The van der Waals surface area contributed by atoms with Crippen LogP contribution >= 0.6 is 15.9 Å². The molecule has 2 rings (SSSR count). The number of amides is 3. The summed E-state index contributed by atoms with van der Waals surface area (Å²) in [5, 5.41) is 2.37. The van der Waals surface area contributed by atoms with Crippen molar-refractivity contribution in [2.45, 2.75) is 13.3 Å². The molecular formula is C18H20BrN3O6. The number of ether oxygens (including phenoxy) is 2. The molecule has 10 heteroatoms. The fourth-order valence-electron chi connectivity index (χ4n) is 2.07. The molecular weight excluding hydrogens is 434 g/mol. The first-order valence-corrected chi connectivity index (χ1v) is 9.17. The van der Waals surface area contributed by atoms with Gasteiger partial charge in [-0.3, -0.25) is 25.2 Å². The minimum Gasteiger partial charge on any atom is -0.493 e. The van der Waals surface area contributed by atoms with Gasteiger partial charge in [-0.05, 0) is 52.7 Å². The van der Waals surface area contributed by atoms with Gasteiger partial charge in [-0.1, -0.05) is 6.92 Å². The zero-order valence-electron chi connectivity index (χ0n) is 15.3. The number of hydrogen-bond donors (Lipinski definition) is 3. The Morgan fingerprint density at radius 2 is 1.86 bits per heavy atom. The smallest absolute Gasteiger partial charge is 0.287 e. The van der Waals surface area contributed by atoms with Crippen molar-refractivity contribution in [2.24, 2.45) is 0 Å². The largest absolute Gasteiger partial charge is 0.493 e. The number of nitrogens with one attached hydrogen (secondary N) is 3. The maximum absolute atomic E-state index is 12.2. The number of benzene rings is 1. The summed E-state index contributed by atoms with van der Waals surface area (Å²) >= 11 is 3.08. The van der Waals surface area contributed by atoms with Crippen LogP contribution in [0.4, 0.5) is 0 Å². The first-order valence-electron chi connectivity index (χ1n) is 8.38. The minimum atomic E-state index is -0.609. The molecule has 0 saturated heterocycles. The average molecular weight is 454 g/mol. The van der Waals surface area contributed by atoms with Gasteiger partial charge >= 0.3 is 0 Å². The monoisotopic (exact) mass is 453 g/mol. The zero-order chi connectivity index (χ0) is 20.5.